The van der Waals surface area contributed by atoms with Gasteiger partial charge in [-0.3, -0.25) is 4.79 Å². The SMILES string of the molecule is NS(=O)(=O)c1cc(C(=O)NCCC2CC2)n(C2CC2)c1. The van der Waals surface area contributed by atoms with Crippen molar-refractivity contribution in [3.05, 3.63) is 18.0 Å². The van der Waals surface area contributed by atoms with Crippen LogP contribution in [-0.4, -0.2) is 25.4 Å². The number of aromatic nitrogens is 1. The number of rotatable bonds is 6. The molecule has 0 bridgehead atoms. The van der Waals surface area contributed by atoms with Gasteiger partial charge in [-0.2, -0.15) is 0 Å². The fourth-order valence-electron chi connectivity index (χ4n) is 2.33. The maximum atomic E-state index is 12.2. The molecule has 2 aliphatic carbocycles. The average Bonchev–Trinajstić information content (AvgIpc) is 3.28. The monoisotopic (exact) mass is 297 g/mol. The van der Waals surface area contributed by atoms with Crippen LogP contribution in [0.3, 0.4) is 0 Å². The van der Waals surface area contributed by atoms with E-state index in [9.17, 15) is 13.2 Å². The van der Waals surface area contributed by atoms with Gasteiger partial charge in [0.15, 0.2) is 0 Å². The van der Waals surface area contributed by atoms with Crippen LogP contribution in [0.1, 0.15) is 48.6 Å². The summed E-state index contributed by atoms with van der Waals surface area (Å²) < 4.78 is 24.6. The molecule has 0 radical (unpaired) electrons. The zero-order chi connectivity index (χ0) is 14.3. The number of amides is 1. The Hall–Kier alpha value is -1.34. The minimum atomic E-state index is -3.77. The van der Waals surface area contributed by atoms with Gasteiger partial charge in [0.2, 0.25) is 10.0 Å². The smallest absolute Gasteiger partial charge is 0.267 e. The van der Waals surface area contributed by atoms with Crippen molar-refractivity contribution in [1.82, 2.24) is 9.88 Å². The van der Waals surface area contributed by atoms with E-state index in [2.05, 4.69) is 5.32 Å². The second-order valence-corrected chi connectivity index (χ2v) is 7.29. The molecule has 3 rings (SSSR count). The number of hydrogen-bond donors (Lipinski definition) is 2. The molecule has 1 aromatic rings. The third kappa shape index (κ3) is 3.04. The first kappa shape index (κ1) is 13.6. The highest BCUT2D eigenvalue weighted by Crippen LogP contribution is 2.37. The summed E-state index contributed by atoms with van der Waals surface area (Å²) in [4.78, 5) is 12.2. The Morgan fingerprint density at radius 1 is 1.35 bits per heavy atom. The molecule has 20 heavy (non-hydrogen) atoms. The number of carbonyl (C=O) groups excluding carboxylic acids is 1. The lowest BCUT2D eigenvalue weighted by Gasteiger charge is -2.08. The van der Waals surface area contributed by atoms with Crippen LogP contribution in [0.4, 0.5) is 0 Å². The number of primary sulfonamides is 1. The third-order valence-electron chi connectivity index (χ3n) is 3.86. The Labute approximate surface area is 118 Å². The highest BCUT2D eigenvalue weighted by atomic mass is 32.2. The van der Waals surface area contributed by atoms with Crippen molar-refractivity contribution in [2.24, 2.45) is 11.1 Å². The highest BCUT2D eigenvalue weighted by molar-refractivity contribution is 7.89. The number of nitrogens with one attached hydrogen (secondary N) is 1. The normalized spacial score (nSPS) is 19.1. The predicted octanol–water partition coefficient (Wildman–Crippen LogP) is 1.00. The van der Waals surface area contributed by atoms with Crippen LogP contribution in [0, 0.1) is 5.92 Å². The molecule has 0 aromatic carbocycles. The minimum absolute atomic E-state index is 0.0109. The van der Waals surface area contributed by atoms with Crippen LogP contribution in [0.15, 0.2) is 17.2 Å². The molecular formula is C13H19N3O3S. The van der Waals surface area contributed by atoms with Gasteiger partial charge in [0.25, 0.3) is 5.91 Å². The van der Waals surface area contributed by atoms with Gasteiger partial charge in [-0.25, -0.2) is 13.6 Å². The molecule has 0 unspecified atom stereocenters. The summed E-state index contributed by atoms with van der Waals surface area (Å²) in [5.74, 6) is 0.540. The maximum Gasteiger partial charge on any atom is 0.267 e. The summed E-state index contributed by atoms with van der Waals surface area (Å²) in [7, 11) is -3.77. The predicted molar refractivity (Wildman–Crippen MR) is 73.8 cm³/mol. The lowest BCUT2D eigenvalue weighted by Crippen LogP contribution is -2.26. The van der Waals surface area contributed by atoms with Crippen molar-refractivity contribution in [3.8, 4) is 0 Å². The third-order valence-corrected chi connectivity index (χ3v) is 4.74. The molecule has 1 aromatic heterocycles. The average molecular weight is 297 g/mol. The van der Waals surface area contributed by atoms with Gasteiger partial charge in [-0.1, -0.05) is 12.8 Å². The topological polar surface area (TPSA) is 94.2 Å². The quantitative estimate of drug-likeness (QED) is 0.820. The van der Waals surface area contributed by atoms with E-state index in [-0.39, 0.29) is 16.8 Å². The molecule has 110 valence electrons. The van der Waals surface area contributed by atoms with Gasteiger partial charge in [0, 0.05) is 18.8 Å². The van der Waals surface area contributed by atoms with E-state index >= 15 is 0 Å². The molecule has 2 aliphatic rings. The van der Waals surface area contributed by atoms with Crippen molar-refractivity contribution in [1.29, 1.82) is 0 Å². The van der Waals surface area contributed by atoms with E-state index in [0.29, 0.717) is 12.2 Å². The number of sulfonamides is 1. The Morgan fingerprint density at radius 3 is 2.60 bits per heavy atom. The van der Waals surface area contributed by atoms with Crippen LogP contribution < -0.4 is 10.5 Å². The van der Waals surface area contributed by atoms with Gasteiger partial charge < -0.3 is 9.88 Å². The number of nitrogens with two attached hydrogens (primary N) is 1. The zero-order valence-electron chi connectivity index (χ0n) is 11.2. The molecule has 0 saturated heterocycles. The van der Waals surface area contributed by atoms with Crippen molar-refractivity contribution in [3.63, 3.8) is 0 Å². The molecule has 1 amide bonds. The lowest BCUT2D eigenvalue weighted by atomic mass is 10.3. The van der Waals surface area contributed by atoms with Crippen molar-refractivity contribution >= 4 is 15.9 Å². The van der Waals surface area contributed by atoms with E-state index in [4.69, 9.17) is 5.14 Å². The maximum absolute atomic E-state index is 12.2. The van der Waals surface area contributed by atoms with E-state index < -0.39 is 10.0 Å². The summed E-state index contributed by atoms with van der Waals surface area (Å²) in [6.07, 6.45) is 6.93. The Kier molecular flexibility index (Phi) is 3.33. The molecule has 7 heteroatoms. The molecule has 0 spiro atoms. The molecule has 0 atom stereocenters. The standard InChI is InChI=1S/C13H19N3O3S/c14-20(18,19)11-7-12(16(8-11)10-3-4-10)13(17)15-6-5-9-1-2-9/h7-10H,1-6H2,(H,15,17)(H2,14,18,19). The molecular weight excluding hydrogens is 278 g/mol. The summed E-state index contributed by atoms with van der Waals surface area (Å²) in [5.41, 5.74) is 0.396. The van der Waals surface area contributed by atoms with Crippen LogP contribution >= 0.6 is 0 Å². The van der Waals surface area contributed by atoms with Gasteiger partial charge in [-0.15, -0.1) is 0 Å². The van der Waals surface area contributed by atoms with E-state index in [1.807, 2.05) is 0 Å². The number of hydrogen-bond acceptors (Lipinski definition) is 3. The first-order chi connectivity index (χ1) is 9.45. The highest BCUT2D eigenvalue weighted by Gasteiger charge is 2.30. The summed E-state index contributed by atoms with van der Waals surface area (Å²) in [6, 6.07) is 1.61. The van der Waals surface area contributed by atoms with Gasteiger partial charge in [-0.05, 0) is 31.2 Å². The van der Waals surface area contributed by atoms with Crippen molar-refractivity contribution < 1.29 is 13.2 Å². The Morgan fingerprint density at radius 2 is 2.05 bits per heavy atom. The van der Waals surface area contributed by atoms with E-state index in [1.165, 1.54) is 25.1 Å². The first-order valence-electron chi connectivity index (χ1n) is 6.98. The van der Waals surface area contributed by atoms with Gasteiger partial charge in [0.05, 0.1) is 0 Å². The van der Waals surface area contributed by atoms with Crippen molar-refractivity contribution in [2.75, 3.05) is 6.54 Å². The zero-order valence-corrected chi connectivity index (χ0v) is 12.0. The van der Waals surface area contributed by atoms with Crippen molar-refractivity contribution in [2.45, 2.75) is 43.0 Å². The molecule has 2 saturated carbocycles. The molecule has 3 N–H and O–H groups in total. The molecule has 1 heterocycles. The summed E-state index contributed by atoms with van der Waals surface area (Å²) in [6.45, 7) is 0.643. The van der Waals surface area contributed by atoms with Crippen LogP contribution in [0.5, 0.6) is 0 Å². The molecule has 0 aliphatic heterocycles. The van der Waals surface area contributed by atoms with Crippen LogP contribution in [0.25, 0.3) is 0 Å². The second kappa shape index (κ2) is 4.89. The van der Waals surface area contributed by atoms with Crippen LogP contribution in [-0.2, 0) is 10.0 Å². The Balaban J connectivity index is 1.75. The minimum Gasteiger partial charge on any atom is -0.351 e. The fourth-order valence-corrected chi connectivity index (χ4v) is 2.87. The fraction of sp³-hybridized carbons (Fsp3) is 0.615. The van der Waals surface area contributed by atoms with E-state index in [0.717, 1.165) is 25.2 Å². The van der Waals surface area contributed by atoms with E-state index in [1.54, 1.807) is 4.57 Å². The number of nitrogens with zero attached hydrogens (tertiary/aromatic N) is 1. The molecule has 6 nitrogen and oxygen atoms in total. The second-order valence-electron chi connectivity index (χ2n) is 5.73. The summed E-state index contributed by atoms with van der Waals surface area (Å²) >= 11 is 0. The van der Waals surface area contributed by atoms with Crippen LogP contribution in [0.2, 0.25) is 0 Å². The van der Waals surface area contributed by atoms with Gasteiger partial charge >= 0.3 is 0 Å². The summed E-state index contributed by atoms with van der Waals surface area (Å²) in [5, 5.41) is 8.00. The largest absolute Gasteiger partial charge is 0.351 e. The lowest BCUT2D eigenvalue weighted by molar-refractivity contribution is 0.0943. The van der Waals surface area contributed by atoms with Gasteiger partial charge in [0.1, 0.15) is 10.6 Å². The Bertz CT molecular complexity index is 627. The first-order valence-corrected chi connectivity index (χ1v) is 8.52. The molecule has 2 fully saturated rings. The number of carbonyl (C=O) groups is 1.